The van der Waals surface area contributed by atoms with Crippen LogP contribution in [0.1, 0.15) is 33.5 Å². The van der Waals surface area contributed by atoms with Gasteiger partial charge >= 0.3 is 6.09 Å². The minimum absolute atomic E-state index is 0.0392. The van der Waals surface area contributed by atoms with Gasteiger partial charge in [0.15, 0.2) is 11.6 Å². The van der Waals surface area contributed by atoms with Gasteiger partial charge in [-0.25, -0.2) is 4.79 Å². The summed E-state index contributed by atoms with van der Waals surface area (Å²) in [6.07, 6.45) is 1.34. The first-order chi connectivity index (χ1) is 11.8. The summed E-state index contributed by atoms with van der Waals surface area (Å²) in [4.78, 5) is 18.4. The molecule has 25 heavy (non-hydrogen) atoms. The standard InChI is InChI=1S/C17H23N5O3/c1-11-9-22-14(10-21(11)16(23)25-17(2,3)4)19-20-15(22)13-8-12(24-5)6-7-18-13/h6-8,11H,9-10H2,1-5H3/t11-/m0/s1. The lowest BCUT2D eigenvalue weighted by molar-refractivity contribution is 0.00942. The monoisotopic (exact) mass is 345 g/mol. The zero-order valence-corrected chi connectivity index (χ0v) is 15.2. The van der Waals surface area contributed by atoms with Crippen molar-refractivity contribution in [1.29, 1.82) is 0 Å². The summed E-state index contributed by atoms with van der Waals surface area (Å²) in [7, 11) is 1.61. The van der Waals surface area contributed by atoms with Crippen molar-refractivity contribution in [1.82, 2.24) is 24.6 Å². The van der Waals surface area contributed by atoms with Crippen LogP contribution in [0.25, 0.3) is 11.5 Å². The number of ether oxygens (including phenoxy) is 2. The number of hydrogen-bond donors (Lipinski definition) is 0. The van der Waals surface area contributed by atoms with Gasteiger partial charge in [0.05, 0.1) is 19.7 Å². The maximum atomic E-state index is 12.4. The van der Waals surface area contributed by atoms with Gasteiger partial charge in [-0.3, -0.25) is 9.88 Å². The summed E-state index contributed by atoms with van der Waals surface area (Å²) in [5, 5.41) is 8.50. The molecule has 1 aliphatic rings. The second-order valence-electron chi connectivity index (χ2n) is 7.09. The van der Waals surface area contributed by atoms with Crippen molar-refractivity contribution < 1.29 is 14.3 Å². The van der Waals surface area contributed by atoms with Crippen molar-refractivity contribution in [2.24, 2.45) is 0 Å². The highest BCUT2D eigenvalue weighted by molar-refractivity contribution is 5.68. The Balaban J connectivity index is 1.86. The minimum atomic E-state index is -0.530. The predicted molar refractivity (Wildman–Crippen MR) is 91.0 cm³/mol. The van der Waals surface area contributed by atoms with Crippen LogP contribution in [0.4, 0.5) is 4.79 Å². The molecular weight excluding hydrogens is 322 g/mol. The summed E-state index contributed by atoms with van der Waals surface area (Å²) in [6, 6.07) is 3.56. The van der Waals surface area contributed by atoms with E-state index in [9.17, 15) is 4.79 Å². The van der Waals surface area contributed by atoms with E-state index < -0.39 is 5.60 Å². The zero-order chi connectivity index (χ0) is 18.2. The summed E-state index contributed by atoms with van der Waals surface area (Å²) < 4.78 is 12.7. The highest BCUT2D eigenvalue weighted by Crippen LogP contribution is 2.26. The van der Waals surface area contributed by atoms with E-state index in [1.165, 1.54) is 0 Å². The molecular formula is C17H23N5O3. The normalized spacial score (nSPS) is 17.2. The number of rotatable bonds is 2. The molecule has 0 N–H and O–H groups in total. The maximum Gasteiger partial charge on any atom is 0.411 e. The van der Waals surface area contributed by atoms with Crippen molar-refractivity contribution >= 4 is 6.09 Å². The van der Waals surface area contributed by atoms with Crippen LogP contribution >= 0.6 is 0 Å². The summed E-state index contributed by atoms with van der Waals surface area (Å²) in [6.45, 7) is 8.48. The Morgan fingerprint density at radius 1 is 1.32 bits per heavy atom. The van der Waals surface area contributed by atoms with Crippen molar-refractivity contribution in [2.75, 3.05) is 7.11 Å². The second-order valence-corrected chi connectivity index (χ2v) is 7.09. The SMILES string of the molecule is COc1ccnc(-c2nnc3n2C[C@H](C)N(C(=O)OC(C)(C)C)C3)c1. The molecule has 0 radical (unpaired) electrons. The van der Waals surface area contributed by atoms with E-state index in [2.05, 4.69) is 15.2 Å². The van der Waals surface area contributed by atoms with Gasteiger partial charge in [-0.2, -0.15) is 0 Å². The molecule has 1 aliphatic heterocycles. The lowest BCUT2D eigenvalue weighted by atomic mass is 10.2. The lowest BCUT2D eigenvalue weighted by Gasteiger charge is -2.35. The van der Waals surface area contributed by atoms with Gasteiger partial charge in [-0.1, -0.05) is 0 Å². The van der Waals surface area contributed by atoms with Crippen LogP contribution in [0.2, 0.25) is 0 Å². The molecule has 0 aliphatic carbocycles. The molecule has 3 rings (SSSR count). The third-order valence-electron chi connectivity index (χ3n) is 3.94. The molecule has 8 heteroatoms. The van der Waals surface area contributed by atoms with Crippen molar-refractivity contribution in [3.05, 3.63) is 24.2 Å². The molecule has 1 amide bonds. The molecule has 0 saturated heterocycles. The van der Waals surface area contributed by atoms with Gasteiger partial charge in [-0.15, -0.1) is 10.2 Å². The van der Waals surface area contributed by atoms with E-state index in [4.69, 9.17) is 9.47 Å². The van der Waals surface area contributed by atoms with Gasteiger partial charge < -0.3 is 14.0 Å². The molecule has 8 nitrogen and oxygen atoms in total. The van der Waals surface area contributed by atoms with E-state index in [0.29, 0.717) is 36.2 Å². The van der Waals surface area contributed by atoms with E-state index in [1.54, 1.807) is 24.3 Å². The first-order valence-electron chi connectivity index (χ1n) is 8.20. The number of amides is 1. The number of hydrogen-bond acceptors (Lipinski definition) is 6. The molecule has 0 spiro atoms. The first-order valence-corrected chi connectivity index (χ1v) is 8.20. The molecule has 2 aromatic heterocycles. The Kier molecular flexibility index (Phi) is 4.36. The highest BCUT2D eigenvalue weighted by atomic mass is 16.6. The average molecular weight is 345 g/mol. The number of fused-ring (bicyclic) bond motifs is 1. The van der Waals surface area contributed by atoms with Gasteiger partial charge in [0.25, 0.3) is 0 Å². The molecule has 0 aromatic carbocycles. The van der Waals surface area contributed by atoms with Crippen LogP contribution in [0.15, 0.2) is 18.3 Å². The molecule has 0 fully saturated rings. The van der Waals surface area contributed by atoms with E-state index in [0.717, 1.165) is 0 Å². The molecule has 0 unspecified atom stereocenters. The number of aromatic nitrogens is 4. The number of nitrogens with zero attached hydrogens (tertiary/aromatic N) is 5. The van der Waals surface area contributed by atoms with Gasteiger partial charge in [0, 0.05) is 18.8 Å². The predicted octanol–water partition coefficient (Wildman–Crippen LogP) is 2.49. The number of methoxy groups -OCH3 is 1. The van der Waals surface area contributed by atoms with Gasteiger partial charge in [0.2, 0.25) is 0 Å². The van der Waals surface area contributed by atoms with E-state index in [-0.39, 0.29) is 12.1 Å². The molecule has 2 aromatic rings. The minimum Gasteiger partial charge on any atom is -0.497 e. The fourth-order valence-corrected chi connectivity index (χ4v) is 2.73. The molecule has 3 heterocycles. The Morgan fingerprint density at radius 3 is 2.76 bits per heavy atom. The fourth-order valence-electron chi connectivity index (χ4n) is 2.73. The quantitative estimate of drug-likeness (QED) is 0.832. The largest absolute Gasteiger partial charge is 0.497 e. The Bertz CT molecular complexity index is 781. The average Bonchev–Trinajstić information content (AvgIpc) is 2.95. The molecule has 1 atom stereocenters. The summed E-state index contributed by atoms with van der Waals surface area (Å²) >= 11 is 0. The zero-order valence-electron chi connectivity index (χ0n) is 15.2. The van der Waals surface area contributed by atoms with Crippen LogP contribution in [0.5, 0.6) is 5.75 Å². The van der Waals surface area contributed by atoms with Crippen LogP contribution in [0, 0.1) is 0 Å². The summed E-state index contributed by atoms with van der Waals surface area (Å²) in [5.41, 5.74) is 0.161. The Morgan fingerprint density at radius 2 is 2.08 bits per heavy atom. The molecule has 134 valence electrons. The lowest BCUT2D eigenvalue weighted by Crippen LogP contribution is -2.47. The van der Waals surface area contributed by atoms with E-state index >= 15 is 0 Å². The van der Waals surface area contributed by atoms with E-state index in [1.807, 2.05) is 38.3 Å². The number of carbonyl (C=O) groups excluding carboxylic acids is 1. The smallest absolute Gasteiger partial charge is 0.411 e. The summed E-state index contributed by atoms with van der Waals surface area (Å²) in [5.74, 6) is 2.09. The van der Waals surface area contributed by atoms with Crippen LogP contribution in [0.3, 0.4) is 0 Å². The number of pyridine rings is 1. The van der Waals surface area contributed by atoms with Crippen LogP contribution in [-0.2, 0) is 17.8 Å². The number of carbonyl (C=O) groups is 1. The maximum absolute atomic E-state index is 12.4. The molecule has 0 saturated carbocycles. The fraction of sp³-hybridized carbons (Fsp3) is 0.529. The third kappa shape index (κ3) is 3.57. The van der Waals surface area contributed by atoms with Crippen molar-refractivity contribution in [3.8, 4) is 17.3 Å². The second kappa shape index (κ2) is 6.34. The molecule has 0 bridgehead atoms. The van der Waals surface area contributed by atoms with Crippen molar-refractivity contribution in [2.45, 2.75) is 52.4 Å². The third-order valence-corrected chi connectivity index (χ3v) is 3.94. The Hall–Kier alpha value is -2.64. The Labute approximate surface area is 146 Å². The highest BCUT2D eigenvalue weighted by Gasteiger charge is 2.33. The topological polar surface area (TPSA) is 82.4 Å². The van der Waals surface area contributed by atoms with Crippen LogP contribution < -0.4 is 4.74 Å². The van der Waals surface area contributed by atoms with Gasteiger partial charge in [0.1, 0.15) is 17.0 Å². The van der Waals surface area contributed by atoms with Gasteiger partial charge in [-0.05, 0) is 33.8 Å². The van der Waals surface area contributed by atoms with Crippen LogP contribution in [-0.4, -0.2) is 49.5 Å². The van der Waals surface area contributed by atoms with Crippen molar-refractivity contribution in [3.63, 3.8) is 0 Å². The first kappa shape index (κ1) is 17.2.